The van der Waals surface area contributed by atoms with Gasteiger partial charge in [-0.25, -0.2) is 0 Å². The number of carbonyl (C=O) groups is 2. The highest BCUT2D eigenvalue weighted by atomic mass is 16.5. The van der Waals surface area contributed by atoms with Gasteiger partial charge in [-0.05, 0) is 56.9 Å². The molecule has 6 nitrogen and oxygen atoms in total. The van der Waals surface area contributed by atoms with Gasteiger partial charge in [-0.3, -0.25) is 9.59 Å². The van der Waals surface area contributed by atoms with E-state index in [1.165, 1.54) is 0 Å². The van der Waals surface area contributed by atoms with Crippen molar-refractivity contribution in [2.24, 2.45) is 5.41 Å². The van der Waals surface area contributed by atoms with Crippen molar-refractivity contribution >= 4 is 22.8 Å². The first-order chi connectivity index (χ1) is 12.4. The number of hydrogen-bond donors (Lipinski definition) is 1. The lowest BCUT2D eigenvalue weighted by Gasteiger charge is -2.40. The molecule has 0 saturated carbocycles. The van der Waals surface area contributed by atoms with Crippen molar-refractivity contribution in [3.05, 3.63) is 35.6 Å². The second-order valence-electron chi connectivity index (χ2n) is 7.12. The minimum atomic E-state index is -0.886. The lowest BCUT2D eigenvalue weighted by molar-refractivity contribution is -0.152. The van der Waals surface area contributed by atoms with E-state index in [-0.39, 0.29) is 12.5 Å². The molecule has 0 bridgehead atoms. The van der Waals surface area contributed by atoms with Gasteiger partial charge in [0.05, 0.1) is 5.41 Å². The molecule has 1 atom stereocenters. The van der Waals surface area contributed by atoms with E-state index in [9.17, 15) is 14.7 Å². The Morgan fingerprint density at radius 3 is 2.88 bits per heavy atom. The Hall–Kier alpha value is -2.34. The summed E-state index contributed by atoms with van der Waals surface area (Å²) in [6, 6.07) is 7.25. The molecule has 0 radical (unpaired) electrons. The van der Waals surface area contributed by atoms with Gasteiger partial charge in [0.2, 0.25) is 0 Å². The van der Waals surface area contributed by atoms with Crippen LogP contribution in [0.4, 0.5) is 0 Å². The van der Waals surface area contributed by atoms with E-state index in [1.54, 1.807) is 24.1 Å². The second kappa shape index (κ2) is 7.50. The van der Waals surface area contributed by atoms with Gasteiger partial charge in [-0.2, -0.15) is 0 Å². The maximum atomic E-state index is 13.0. The van der Waals surface area contributed by atoms with Crippen molar-refractivity contribution in [3.63, 3.8) is 0 Å². The van der Waals surface area contributed by atoms with Gasteiger partial charge in [0.1, 0.15) is 11.3 Å². The van der Waals surface area contributed by atoms with Crippen LogP contribution in [0.5, 0.6) is 0 Å². The van der Waals surface area contributed by atoms with Gasteiger partial charge in [0, 0.05) is 37.8 Å². The van der Waals surface area contributed by atoms with Crippen molar-refractivity contribution in [1.29, 1.82) is 0 Å². The number of aliphatic carboxylic acids is 1. The van der Waals surface area contributed by atoms with Gasteiger partial charge in [0.15, 0.2) is 0 Å². The number of ether oxygens (including phenoxy) is 1. The minimum Gasteiger partial charge on any atom is -0.481 e. The van der Waals surface area contributed by atoms with Crippen molar-refractivity contribution < 1.29 is 23.8 Å². The fraction of sp³-hybridized carbons (Fsp3) is 0.500. The highest BCUT2D eigenvalue weighted by Crippen LogP contribution is 2.36. The van der Waals surface area contributed by atoms with Crippen LogP contribution in [0.25, 0.3) is 11.0 Å². The molecule has 3 rings (SSSR count). The van der Waals surface area contributed by atoms with E-state index in [2.05, 4.69) is 0 Å². The van der Waals surface area contributed by atoms with E-state index >= 15 is 0 Å². The topological polar surface area (TPSA) is 80.0 Å². The average Bonchev–Trinajstić information content (AvgIpc) is 3.00. The highest BCUT2D eigenvalue weighted by Gasteiger charge is 2.43. The van der Waals surface area contributed by atoms with E-state index in [0.717, 1.165) is 16.7 Å². The summed E-state index contributed by atoms with van der Waals surface area (Å²) in [6.45, 7) is 3.22. The first kappa shape index (κ1) is 18.5. The summed E-state index contributed by atoms with van der Waals surface area (Å²) in [5, 5.41) is 10.7. The Morgan fingerprint density at radius 2 is 2.15 bits per heavy atom. The molecule has 6 heteroatoms. The molecule has 0 spiro atoms. The summed E-state index contributed by atoms with van der Waals surface area (Å²) in [5.74, 6) is -0.152. The number of carboxylic acid groups (broad SMARTS) is 1. The zero-order valence-corrected chi connectivity index (χ0v) is 15.3. The molecule has 1 aromatic heterocycles. The molecule has 1 unspecified atom stereocenters. The molecule has 1 saturated heterocycles. The molecule has 2 aromatic rings. The lowest BCUT2D eigenvalue weighted by atomic mass is 9.76. The first-order valence-corrected chi connectivity index (χ1v) is 8.97. The van der Waals surface area contributed by atoms with Gasteiger partial charge >= 0.3 is 5.97 Å². The number of likely N-dealkylation sites (tertiary alicyclic amines) is 1. The quantitative estimate of drug-likeness (QED) is 0.799. The summed E-state index contributed by atoms with van der Waals surface area (Å²) in [4.78, 5) is 26.6. The Kier molecular flexibility index (Phi) is 5.32. The Labute approximate surface area is 152 Å². The Bertz CT molecular complexity index is 812. The SMILES string of the molecule is COCCCC1(C(=O)O)CCCN(C(=O)c2ccc3oc(C)cc3c2)C1. The van der Waals surface area contributed by atoms with Gasteiger partial charge in [0.25, 0.3) is 5.91 Å². The fourth-order valence-electron chi connectivity index (χ4n) is 3.84. The number of aryl methyl sites for hydroxylation is 1. The van der Waals surface area contributed by atoms with Crippen LogP contribution in [-0.4, -0.2) is 48.7 Å². The van der Waals surface area contributed by atoms with Gasteiger partial charge in [-0.1, -0.05) is 0 Å². The van der Waals surface area contributed by atoms with Crippen molar-refractivity contribution in [2.75, 3.05) is 26.8 Å². The third-order valence-corrected chi connectivity index (χ3v) is 5.21. The number of benzene rings is 1. The van der Waals surface area contributed by atoms with E-state index in [0.29, 0.717) is 44.4 Å². The summed E-state index contributed by atoms with van der Waals surface area (Å²) in [7, 11) is 1.61. The summed E-state index contributed by atoms with van der Waals surface area (Å²) >= 11 is 0. The molecule has 1 fully saturated rings. The monoisotopic (exact) mass is 359 g/mol. The summed E-state index contributed by atoms with van der Waals surface area (Å²) in [5.41, 5.74) is 0.427. The molecule has 26 heavy (non-hydrogen) atoms. The van der Waals surface area contributed by atoms with Crippen LogP contribution >= 0.6 is 0 Å². The number of nitrogens with zero attached hydrogens (tertiary/aromatic N) is 1. The predicted octanol–water partition coefficient (Wildman–Crippen LogP) is 3.47. The standard InChI is InChI=1S/C20H25NO5/c1-14-11-16-12-15(5-6-17(16)26-14)18(22)21-9-3-7-20(13-21,19(23)24)8-4-10-25-2/h5-6,11-12H,3-4,7-10,13H2,1-2H3,(H,23,24). The molecule has 2 heterocycles. The fourth-order valence-corrected chi connectivity index (χ4v) is 3.84. The van der Waals surface area contributed by atoms with Crippen LogP contribution in [0.1, 0.15) is 41.8 Å². The van der Waals surface area contributed by atoms with E-state index in [4.69, 9.17) is 9.15 Å². The Morgan fingerprint density at radius 1 is 1.35 bits per heavy atom. The Balaban J connectivity index is 1.80. The molecule has 140 valence electrons. The third-order valence-electron chi connectivity index (χ3n) is 5.21. The van der Waals surface area contributed by atoms with Crippen LogP contribution in [0.15, 0.2) is 28.7 Å². The van der Waals surface area contributed by atoms with Gasteiger partial charge in [-0.15, -0.1) is 0 Å². The molecular weight excluding hydrogens is 334 g/mol. The van der Waals surface area contributed by atoms with Crippen molar-refractivity contribution in [1.82, 2.24) is 4.90 Å². The van der Waals surface area contributed by atoms with Crippen LogP contribution in [0.2, 0.25) is 0 Å². The normalized spacial score (nSPS) is 20.5. The maximum Gasteiger partial charge on any atom is 0.311 e. The second-order valence-corrected chi connectivity index (χ2v) is 7.12. The number of carbonyl (C=O) groups excluding carboxylic acids is 1. The van der Waals surface area contributed by atoms with Gasteiger partial charge < -0.3 is 19.2 Å². The number of piperidine rings is 1. The molecule has 1 aliphatic rings. The number of amides is 1. The minimum absolute atomic E-state index is 0.122. The van der Waals surface area contributed by atoms with Crippen LogP contribution < -0.4 is 0 Å². The predicted molar refractivity (Wildman–Crippen MR) is 97.3 cm³/mol. The van der Waals surface area contributed by atoms with Crippen molar-refractivity contribution in [3.8, 4) is 0 Å². The van der Waals surface area contributed by atoms with E-state index in [1.807, 2.05) is 19.1 Å². The number of fused-ring (bicyclic) bond motifs is 1. The number of carboxylic acids is 1. The average molecular weight is 359 g/mol. The summed E-state index contributed by atoms with van der Waals surface area (Å²) < 4.78 is 10.6. The van der Waals surface area contributed by atoms with Crippen LogP contribution in [0, 0.1) is 12.3 Å². The molecule has 1 N–H and O–H groups in total. The largest absolute Gasteiger partial charge is 0.481 e. The zero-order valence-electron chi connectivity index (χ0n) is 15.3. The molecule has 1 amide bonds. The number of rotatable bonds is 6. The molecule has 0 aliphatic carbocycles. The van der Waals surface area contributed by atoms with Crippen LogP contribution in [-0.2, 0) is 9.53 Å². The number of methoxy groups -OCH3 is 1. The molecule has 1 aliphatic heterocycles. The highest BCUT2D eigenvalue weighted by molar-refractivity contribution is 5.98. The smallest absolute Gasteiger partial charge is 0.311 e. The number of furan rings is 1. The molecule has 1 aromatic carbocycles. The number of hydrogen-bond acceptors (Lipinski definition) is 4. The zero-order chi connectivity index (χ0) is 18.7. The molecular formula is C20H25NO5. The van der Waals surface area contributed by atoms with Crippen molar-refractivity contribution in [2.45, 2.75) is 32.6 Å². The first-order valence-electron chi connectivity index (χ1n) is 8.97. The van der Waals surface area contributed by atoms with E-state index < -0.39 is 11.4 Å². The lowest BCUT2D eigenvalue weighted by Crippen LogP contribution is -2.50. The summed E-state index contributed by atoms with van der Waals surface area (Å²) in [6.07, 6.45) is 2.47. The third kappa shape index (κ3) is 3.60. The van der Waals surface area contributed by atoms with Crippen LogP contribution in [0.3, 0.4) is 0 Å². The maximum absolute atomic E-state index is 13.0.